The minimum atomic E-state index is -3.43. The van der Waals surface area contributed by atoms with Crippen molar-refractivity contribution in [3.8, 4) is 5.75 Å². The Morgan fingerprint density at radius 2 is 2.21 bits per heavy atom. The Kier molecular flexibility index (Phi) is 4.50. The van der Waals surface area contributed by atoms with Crippen molar-refractivity contribution < 1.29 is 13.2 Å². The molecule has 0 aliphatic carbocycles. The van der Waals surface area contributed by atoms with Crippen LogP contribution in [0.15, 0.2) is 27.6 Å². The Balaban J connectivity index is 2.31. The number of nitrogens with one attached hydrogen (secondary N) is 1. The second kappa shape index (κ2) is 5.78. The van der Waals surface area contributed by atoms with E-state index >= 15 is 0 Å². The van der Waals surface area contributed by atoms with Gasteiger partial charge in [-0.1, -0.05) is 0 Å². The van der Waals surface area contributed by atoms with Gasteiger partial charge in [0.1, 0.15) is 5.75 Å². The van der Waals surface area contributed by atoms with Crippen LogP contribution in [0.1, 0.15) is 6.92 Å². The van der Waals surface area contributed by atoms with Crippen molar-refractivity contribution in [3.05, 3.63) is 22.7 Å². The van der Waals surface area contributed by atoms with Crippen molar-refractivity contribution >= 4 is 26.0 Å². The van der Waals surface area contributed by atoms with Gasteiger partial charge >= 0.3 is 0 Å². The van der Waals surface area contributed by atoms with Crippen molar-refractivity contribution in [2.45, 2.75) is 17.9 Å². The first-order valence-electron chi connectivity index (χ1n) is 6.02. The Morgan fingerprint density at radius 3 is 2.79 bits per heavy atom. The van der Waals surface area contributed by atoms with Gasteiger partial charge in [0.25, 0.3) is 0 Å². The van der Waals surface area contributed by atoms with E-state index in [1.807, 2.05) is 6.92 Å². The standard InChI is InChI=1S/C12H17BrN2O3S/c1-9-8-15(6-5-14-9)19(16,17)10-3-4-12(18-2)11(13)7-10/h3-4,7,9,14H,5-6,8H2,1-2H3/t9-/m0/s1. The normalized spacial score (nSPS) is 21.3. The fraction of sp³-hybridized carbons (Fsp3) is 0.500. The maximum absolute atomic E-state index is 12.5. The van der Waals surface area contributed by atoms with E-state index in [4.69, 9.17) is 4.74 Å². The second-order valence-electron chi connectivity index (χ2n) is 4.51. The van der Waals surface area contributed by atoms with Gasteiger partial charge in [0, 0.05) is 25.7 Å². The van der Waals surface area contributed by atoms with Gasteiger partial charge in [0.2, 0.25) is 10.0 Å². The fourth-order valence-electron chi connectivity index (χ4n) is 2.07. The predicted molar refractivity (Wildman–Crippen MR) is 76.9 cm³/mol. The summed E-state index contributed by atoms with van der Waals surface area (Å²) in [5.74, 6) is 0.618. The van der Waals surface area contributed by atoms with Gasteiger partial charge in [0.05, 0.1) is 16.5 Å². The lowest BCUT2D eigenvalue weighted by Crippen LogP contribution is -2.51. The summed E-state index contributed by atoms with van der Waals surface area (Å²) in [4.78, 5) is 0.286. The number of halogens is 1. The van der Waals surface area contributed by atoms with Crippen molar-refractivity contribution in [2.75, 3.05) is 26.7 Å². The molecule has 1 atom stereocenters. The fourth-order valence-corrected chi connectivity index (χ4v) is 4.32. The number of hydrogen-bond donors (Lipinski definition) is 1. The predicted octanol–water partition coefficient (Wildman–Crippen LogP) is 1.44. The molecule has 0 aromatic heterocycles. The van der Waals surface area contributed by atoms with E-state index in [1.165, 1.54) is 4.31 Å². The van der Waals surface area contributed by atoms with E-state index in [2.05, 4.69) is 21.2 Å². The number of nitrogens with zero attached hydrogens (tertiary/aromatic N) is 1. The molecule has 1 heterocycles. The number of benzene rings is 1. The Bertz CT molecular complexity index is 562. The third-order valence-electron chi connectivity index (χ3n) is 3.09. The number of methoxy groups -OCH3 is 1. The van der Waals surface area contributed by atoms with Crippen molar-refractivity contribution in [2.24, 2.45) is 0 Å². The molecule has 1 aliphatic heterocycles. The molecule has 1 fully saturated rings. The van der Waals surface area contributed by atoms with Gasteiger partial charge in [-0.15, -0.1) is 0 Å². The molecular formula is C12H17BrN2O3S. The molecule has 2 rings (SSSR count). The topological polar surface area (TPSA) is 58.6 Å². The van der Waals surface area contributed by atoms with Crippen LogP contribution in [0.5, 0.6) is 5.75 Å². The third kappa shape index (κ3) is 3.10. The maximum atomic E-state index is 12.5. The molecule has 1 aromatic rings. The first-order chi connectivity index (χ1) is 8.95. The lowest BCUT2D eigenvalue weighted by Gasteiger charge is -2.31. The third-order valence-corrected chi connectivity index (χ3v) is 5.57. The van der Waals surface area contributed by atoms with Crippen LogP contribution in [0, 0.1) is 0 Å². The molecule has 19 heavy (non-hydrogen) atoms. The van der Waals surface area contributed by atoms with Crippen LogP contribution in [0.25, 0.3) is 0 Å². The molecule has 1 aliphatic rings. The largest absolute Gasteiger partial charge is 0.496 e. The van der Waals surface area contributed by atoms with Crippen LogP contribution in [-0.4, -0.2) is 45.5 Å². The minimum Gasteiger partial charge on any atom is -0.496 e. The van der Waals surface area contributed by atoms with Crippen LogP contribution in [0.2, 0.25) is 0 Å². The number of ether oxygens (including phenoxy) is 1. The molecule has 106 valence electrons. The number of hydrogen-bond acceptors (Lipinski definition) is 4. The van der Waals surface area contributed by atoms with Gasteiger partial charge in [-0.3, -0.25) is 0 Å². The molecular weight excluding hydrogens is 332 g/mol. The number of sulfonamides is 1. The van der Waals surface area contributed by atoms with E-state index in [1.54, 1.807) is 25.3 Å². The lowest BCUT2D eigenvalue weighted by atomic mass is 10.3. The lowest BCUT2D eigenvalue weighted by molar-refractivity contribution is 0.310. The molecule has 1 saturated heterocycles. The van der Waals surface area contributed by atoms with Gasteiger partial charge in [-0.2, -0.15) is 4.31 Å². The summed E-state index contributed by atoms with van der Waals surface area (Å²) in [5.41, 5.74) is 0. The first kappa shape index (κ1) is 14.8. The van der Waals surface area contributed by atoms with Gasteiger partial charge in [-0.05, 0) is 41.1 Å². The Hall–Kier alpha value is -0.630. The number of rotatable bonds is 3. The molecule has 0 spiro atoms. The van der Waals surface area contributed by atoms with E-state index in [9.17, 15) is 8.42 Å². The van der Waals surface area contributed by atoms with Crippen LogP contribution in [-0.2, 0) is 10.0 Å². The van der Waals surface area contributed by atoms with Gasteiger partial charge < -0.3 is 10.1 Å². The summed E-state index contributed by atoms with van der Waals surface area (Å²) in [6.07, 6.45) is 0. The highest BCUT2D eigenvalue weighted by molar-refractivity contribution is 9.10. The highest BCUT2D eigenvalue weighted by Gasteiger charge is 2.28. The Labute approximate surface area is 122 Å². The van der Waals surface area contributed by atoms with Crippen LogP contribution in [0.4, 0.5) is 0 Å². The Morgan fingerprint density at radius 1 is 1.47 bits per heavy atom. The molecule has 0 unspecified atom stereocenters. The van der Waals surface area contributed by atoms with Crippen LogP contribution >= 0.6 is 15.9 Å². The van der Waals surface area contributed by atoms with E-state index in [0.717, 1.165) is 0 Å². The molecule has 1 N–H and O–H groups in total. The molecule has 0 bridgehead atoms. The monoisotopic (exact) mass is 348 g/mol. The zero-order valence-corrected chi connectivity index (χ0v) is 13.3. The summed E-state index contributed by atoms with van der Waals surface area (Å²) >= 11 is 3.32. The highest BCUT2D eigenvalue weighted by atomic mass is 79.9. The first-order valence-corrected chi connectivity index (χ1v) is 8.25. The summed E-state index contributed by atoms with van der Waals surface area (Å²) in [6, 6.07) is 4.99. The smallest absolute Gasteiger partial charge is 0.243 e. The summed E-state index contributed by atoms with van der Waals surface area (Å²) < 4.78 is 32.3. The van der Waals surface area contributed by atoms with Crippen LogP contribution in [0.3, 0.4) is 0 Å². The van der Waals surface area contributed by atoms with Crippen molar-refractivity contribution in [1.82, 2.24) is 9.62 Å². The van der Waals surface area contributed by atoms with Gasteiger partial charge in [-0.25, -0.2) is 8.42 Å². The SMILES string of the molecule is COc1ccc(S(=O)(=O)N2CCN[C@@H](C)C2)cc1Br. The summed E-state index contributed by atoms with van der Waals surface area (Å²) in [6.45, 7) is 3.64. The van der Waals surface area contributed by atoms with Gasteiger partial charge in [0.15, 0.2) is 0 Å². The average molecular weight is 349 g/mol. The zero-order valence-electron chi connectivity index (χ0n) is 10.9. The summed E-state index contributed by atoms with van der Waals surface area (Å²) in [7, 11) is -1.89. The molecule has 0 radical (unpaired) electrons. The zero-order chi connectivity index (χ0) is 14.0. The highest BCUT2D eigenvalue weighted by Crippen LogP contribution is 2.29. The van der Waals surface area contributed by atoms with Crippen molar-refractivity contribution in [3.63, 3.8) is 0 Å². The molecule has 1 aromatic carbocycles. The number of piperazine rings is 1. The average Bonchev–Trinajstić information content (AvgIpc) is 2.38. The van der Waals surface area contributed by atoms with Crippen LogP contribution < -0.4 is 10.1 Å². The maximum Gasteiger partial charge on any atom is 0.243 e. The quantitative estimate of drug-likeness (QED) is 0.897. The van der Waals surface area contributed by atoms with E-state index < -0.39 is 10.0 Å². The van der Waals surface area contributed by atoms with E-state index in [-0.39, 0.29) is 10.9 Å². The second-order valence-corrected chi connectivity index (χ2v) is 7.31. The summed E-state index contributed by atoms with van der Waals surface area (Å²) in [5, 5.41) is 3.23. The molecule has 0 saturated carbocycles. The van der Waals surface area contributed by atoms with Crippen molar-refractivity contribution in [1.29, 1.82) is 0 Å². The molecule has 0 amide bonds. The molecule has 7 heteroatoms. The van der Waals surface area contributed by atoms with E-state index in [0.29, 0.717) is 29.9 Å². The minimum absolute atomic E-state index is 0.171. The molecule has 5 nitrogen and oxygen atoms in total.